The van der Waals surface area contributed by atoms with Crippen LogP contribution in [0.25, 0.3) is 0 Å². The molecular weight excluding hydrogens is 422 g/mol. The Balaban J connectivity index is 1.32. The lowest BCUT2D eigenvalue weighted by molar-refractivity contribution is -0.384. The largest absolute Gasteiger partial charge is 0.379 e. The molecule has 1 amide bonds. The van der Waals surface area contributed by atoms with Crippen molar-refractivity contribution in [3.8, 4) is 0 Å². The zero-order valence-electron chi connectivity index (χ0n) is 19.3. The number of piperazine rings is 1. The van der Waals surface area contributed by atoms with E-state index < -0.39 is 0 Å². The maximum atomic E-state index is 13.4. The molecule has 5 rings (SSSR count). The third-order valence-electron chi connectivity index (χ3n) is 7.95. The zero-order chi connectivity index (χ0) is 22.8. The minimum Gasteiger partial charge on any atom is -0.379 e. The standard InChI is InChI=1S/C24H35N5O4/c30-24(25-7-8-26-11-13-33-14-12-26)21-16-18-15-20(29(31)32)5-6-22(18)28-10-9-27(17-23(21)28)19-3-1-2-4-19/h5-6,15,19,21,23H,1-4,7-14,16-17H2,(H,25,30)/t21-,23-/m1/s1. The SMILES string of the molecule is O=C(NCCN1CCOCC1)[C@@H]1Cc2cc([N+](=O)[O-])ccc2N2CCN(C3CCCC3)C[C@H]12. The molecule has 1 N–H and O–H groups in total. The summed E-state index contributed by atoms with van der Waals surface area (Å²) < 4.78 is 5.41. The molecule has 3 heterocycles. The maximum Gasteiger partial charge on any atom is 0.269 e. The second-order valence-corrected chi connectivity index (χ2v) is 9.82. The van der Waals surface area contributed by atoms with Gasteiger partial charge in [-0.15, -0.1) is 0 Å². The van der Waals surface area contributed by atoms with Gasteiger partial charge in [-0.1, -0.05) is 12.8 Å². The highest BCUT2D eigenvalue weighted by molar-refractivity contribution is 5.82. The van der Waals surface area contributed by atoms with E-state index in [4.69, 9.17) is 4.74 Å². The minimum absolute atomic E-state index is 0.0729. The average molecular weight is 458 g/mol. The van der Waals surface area contributed by atoms with E-state index in [1.807, 2.05) is 6.07 Å². The number of hydrogen-bond donors (Lipinski definition) is 1. The Morgan fingerprint density at radius 3 is 2.70 bits per heavy atom. The number of nitrogens with one attached hydrogen (secondary N) is 1. The Bertz CT molecular complexity index is 868. The van der Waals surface area contributed by atoms with Gasteiger partial charge >= 0.3 is 0 Å². The topological polar surface area (TPSA) is 91.2 Å². The molecule has 1 saturated carbocycles. The molecule has 0 aromatic heterocycles. The maximum absolute atomic E-state index is 13.4. The first-order valence-corrected chi connectivity index (χ1v) is 12.5. The quantitative estimate of drug-likeness (QED) is 0.513. The number of fused-ring (bicyclic) bond motifs is 3. The highest BCUT2D eigenvalue weighted by Crippen LogP contribution is 2.39. The van der Waals surface area contributed by atoms with Crippen LogP contribution < -0.4 is 10.2 Å². The molecule has 0 radical (unpaired) electrons. The van der Waals surface area contributed by atoms with Crippen LogP contribution in [0, 0.1) is 16.0 Å². The minimum atomic E-state index is -0.345. The van der Waals surface area contributed by atoms with Gasteiger partial charge < -0.3 is 15.0 Å². The van der Waals surface area contributed by atoms with Gasteiger partial charge in [0.25, 0.3) is 5.69 Å². The van der Waals surface area contributed by atoms with Crippen LogP contribution in [0.5, 0.6) is 0 Å². The highest BCUT2D eigenvalue weighted by Gasteiger charge is 2.43. The summed E-state index contributed by atoms with van der Waals surface area (Å²) in [4.78, 5) is 31.7. The lowest BCUT2D eigenvalue weighted by atomic mass is 9.83. The number of rotatable bonds is 6. The van der Waals surface area contributed by atoms with Crippen LogP contribution in [0.4, 0.5) is 11.4 Å². The molecule has 1 aliphatic carbocycles. The summed E-state index contributed by atoms with van der Waals surface area (Å²) in [7, 11) is 0. The molecule has 1 aromatic rings. The number of non-ortho nitro benzene ring substituents is 1. The Morgan fingerprint density at radius 2 is 1.94 bits per heavy atom. The van der Waals surface area contributed by atoms with Gasteiger partial charge in [0.1, 0.15) is 0 Å². The third-order valence-corrected chi connectivity index (χ3v) is 7.95. The number of carbonyl (C=O) groups is 1. The molecule has 9 heteroatoms. The smallest absolute Gasteiger partial charge is 0.269 e. The first-order valence-electron chi connectivity index (χ1n) is 12.5. The Labute approximate surface area is 195 Å². The number of benzene rings is 1. The number of amides is 1. The molecule has 0 bridgehead atoms. The van der Waals surface area contributed by atoms with Gasteiger partial charge in [-0.25, -0.2) is 0 Å². The van der Waals surface area contributed by atoms with Gasteiger partial charge in [0.2, 0.25) is 5.91 Å². The van der Waals surface area contributed by atoms with E-state index in [-0.39, 0.29) is 28.5 Å². The summed E-state index contributed by atoms with van der Waals surface area (Å²) in [6.45, 7) is 7.50. The first-order chi connectivity index (χ1) is 16.1. The van der Waals surface area contributed by atoms with Crippen molar-refractivity contribution in [2.24, 2.45) is 5.92 Å². The van der Waals surface area contributed by atoms with Crippen molar-refractivity contribution in [1.82, 2.24) is 15.1 Å². The van der Waals surface area contributed by atoms with Crippen LogP contribution in [0.3, 0.4) is 0 Å². The van der Waals surface area contributed by atoms with Crippen LogP contribution in [0.1, 0.15) is 31.2 Å². The number of nitrogens with zero attached hydrogens (tertiary/aromatic N) is 4. The van der Waals surface area contributed by atoms with E-state index in [9.17, 15) is 14.9 Å². The van der Waals surface area contributed by atoms with E-state index in [1.54, 1.807) is 12.1 Å². The molecule has 0 unspecified atom stereocenters. The number of morpholine rings is 1. The van der Waals surface area contributed by atoms with Gasteiger partial charge in [-0.3, -0.25) is 24.7 Å². The highest BCUT2D eigenvalue weighted by atomic mass is 16.6. The Hall–Kier alpha value is -2.23. The third kappa shape index (κ3) is 4.85. The zero-order valence-corrected chi connectivity index (χ0v) is 19.3. The molecule has 0 spiro atoms. The van der Waals surface area contributed by atoms with Crippen LogP contribution in [-0.2, 0) is 16.0 Å². The lowest BCUT2D eigenvalue weighted by Gasteiger charge is -2.50. The summed E-state index contributed by atoms with van der Waals surface area (Å²) in [5, 5.41) is 14.5. The molecule has 1 aromatic carbocycles. The second kappa shape index (κ2) is 9.95. The van der Waals surface area contributed by atoms with Crippen LogP contribution in [0.2, 0.25) is 0 Å². The van der Waals surface area contributed by atoms with Crippen molar-refractivity contribution in [1.29, 1.82) is 0 Å². The normalized spacial score (nSPS) is 26.6. The summed E-state index contributed by atoms with van der Waals surface area (Å²) in [6, 6.07) is 5.90. The number of anilines is 1. The van der Waals surface area contributed by atoms with Crippen molar-refractivity contribution in [2.45, 2.75) is 44.2 Å². The molecule has 2 saturated heterocycles. The fraction of sp³-hybridized carbons (Fsp3) is 0.708. The summed E-state index contributed by atoms with van der Waals surface area (Å²) in [5.74, 6) is -0.128. The number of carbonyl (C=O) groups excluding carboxylic acids is 1. The van der Waals surface area contributed by atoms with Crippen molar-refractivity contribution in [3.63, 3.8) is 0 Å². The van der Waals surface area contributed by atoms with E-state index in [0.29, 0.717) is 19.0 Å². The molecule has 9 nitrogen and oxygen atoms in total. The summed E-state index contributed by atoms with van der Waals surface area (Å²) in [6.07, 6.45) is 5.67. The number of nitro groups is 1. The van der Waals surface area contributed by atoms with Gasteiger partial charge in [0, 0.05) is 69.7 Å². The second-order valence-electron chi connectivity index (χ2n) is 9.82. The number of nitro benzene ring substituents is 1. The average Bonchev–Trinajstić information content (AvgIpc) is 3.38. The van der Waals surface area contributed by atoms with Crippen LogP contribution in [0.15, 0.2) is 18.2 Å². The van der Waals surface area contributed by atoms with Crippen molar-refractivity contribution >= 4 is 17.3 Å². The van der Waals surface area contributed by atoms with E-state index in [2.05, 4.69) is 20.0 Å². The lowest BCUT2D eigenvalue weighted by Crippen LogP contribution is -2.62. The summed E-state index contributed by atoms with van der Waals surface area (Å²) >= 11 is 0. The van der Waals surface area contributed by atoms with Gasteiger partial charge in [0.05, 0.1) is 30.1 Å². The molecule has 33 heavy (non-hydrogen) atoms. The fourth-order valence-corrected chi connectivity index (χ4v) is 6.14. The molecular formula is C24H35N5O4. The fourth-order valence-electron chi connectivity index (χ4n) is 6.14. The van der Waals surface area contributed by atoms with Gasteiger partial charge in [-0.05, 0) is 30.9 Å². The molecule has 4 aliphatic rings. The predicted octanol–water partition coefficient (Wildman–Crippen LogP) is 1.65. The van der Waals surface area contributed by atoms with E-state index >= 15 is 0 Å². The molecule has 2 atom stereocenters. The van der Waals surface area contributed by atoms with Gasteiger partial charge in [0.15, 0.2) is 0 Å². The molecule has 3 fully saturated rings. The Morgan fingerprint density at radius 1 is 1.15 bits per heavy atom. The van der Waals surface area contributed by atoms with Crippen molar-refractivity contribution in [3.05, 3.63) is 33.9 Å². The number of hydrogen-bond acceptors (Lipinski definition) is 7. The van der Waals surface area contributed by atoms with E-state index in [0.717, 1.165) is 63.7 Å². The van der Waals surface area contributed by atoms with Crippen LogP contribution >= 0.6 is 0 Å². The van der Waals surface area contributed by atoms with Crippen molar-refractivity contribution < 1.29 is 14.5 Å². The molecule has 180 valence electrons. The number of ether oxygens (including phenoxy) is 1. The monoisotopic (exact) mass is 457 g/mol. The van der Waals surface area contributed by atoms with Crippen molar-refractivity contribution in [2.75, 3.05) is 63.9 Å². The summed E-state index contributed by atoms with van der Waals surface area (Å²) in [5.41, 5.74) is 2.08. The Kier molecular flexibility index (Phi) is 6.80. The van der Waals surface area contributed by atoms with Gasteiger partial charge in [-0.2, -0.15) is 0 Å². The van der Waals surface area contributed by atoms with E-state index in [1.165, 1.54) is 25.7 Å². The first kappa shape index (κ1) is 22.6. The molecule has 3 aliphatic heterocycles. The van der Waals surface area contributed by atoms with Crippen LogP contribution in [-0.4, -0.2) is 91.7 Å². The predicted molar refractivity (Wildman–Crippen MR) is 126 cm³/mol.